The maximum absolute atomic E-state index is 12.1. The van der Waals surface area contributed by atoms with Crippen molar-refractivity contribution in [2.75, 3.05) is 11.9 Å². The zero-order valence-electron chi connectivity index (χ0n) is 18.1. The molecule has 0 aliphatic heterocycles. The Morgan fingerprint density at radius 3 is 2.65 bits per heavy atom. The summed E-state index contributed by atoms with van der Waals surface area (Å²) in [5.41, 5.74) is 3.74. The molecule has 0 saturated heterocycles. The Labute approximate surface area is 198 Å². The molecule has 8 nitrogen and oxygen atoms in total. The van der Waals surface area contributed by atoms with E-state index in [1.165, 1.54) is 29.8 Å². The van der Waals surface area contributed by atoms with E-state index in [2.05, 4.69) is 16.4 Å². The Kier molecular flexibility index (Phi) is 6.74. The molecule has 0 spiro atoms. The van der Waals surface area contributed by atoms with Crippen LogP contribution in [0.2, 0.25) is 0 Å². The lowest BCUT2D eigenvalue weighted by atomic mass is 10.1. The fraction of sp³-hybridized carbons (Fsp3) is 0.0800. The SMILES string of the molecule is Cc1ccc2nc(-c3ccc(NC(=O)COC(=O)/C=C/c4ccccc4[N+](=O)[O-])cc3)sc2c1. The van der Waals surface area contributed by atoms with Gasteiger partial charge in [-0.25, -0.2) is 9.78 Å². The minimum atomic E-state index is -0.783. The van der Waals surface area contributed by atoms with E-state index >= 15 is 0 Å². The maximum Gasteiger partial charge on any atom is 0.331 e. The first-order chi connectivity index (χ1) is 16.4. The second kappa shape index (κ2) is 10.1. The number of hydrogen-bond acceptors (Lipinski definition) is 7. The van der Waals surface area contributed by atoms with Gasteiger partial charge in [0.1, 0.15) is 5.01 Å². The zero-order valence-corrected chi connectivity index (χ0v) is 18.9. The van der Waals surface area contributed by atoms with E-state index in [4.69, 9.17) is 4.74 Å². The molecule has 34 heavy (non-hydrogen) atoms. The number of rotatable bonds is 7. The Morgan fingerprint density at radius 2 is 1.88 bits per heavy atom. The van der Waals surface area contributed by atoms with Crippen molar-refractivity contribution in [2.45, 2.75) is 6.92 Å². The lowest BCUT2D eigenvalue weighted by molar-refractivity contribution is -0.385. The number of carbonyl (C=O) groups excluding carboxylic acids is 2. The van der Waals surface area contributed by atoms with Gasteiger partial charge in [-0.1, -0.05) is 18.2 Å². The van der Waals surface area contributed by atoms with Gasteiger partial charge >= 0.3 is 5.97 Å². The summed E-state index contributed by atoms with van der Waals surface area (Å²) >= 11 is 1.60. The van der Waals surface area contributed by atoms with Crippen molar-refractivity contribution in [3.05, 3.63) is 94.0 Å². The Balaban J connectivity index is 1.31. The Hall–Kier alpha value is -4.37. The standard InChI is InChI=1S/C25H19N3O5S/c1-16-6-12-20-22(14-16)34-25(27-20)18-7-10-19(11-8-18)26-23(29)15-33-24(30)13-9-17-4-2-3-5-21(17)28(31)32/h2-14H,15H2,1H3,(H,26,29)/b13-9+. The average molecular weight is 474 g/mol. The molecule has 0 aliphatic rings. The normalized spacial score (nSPS) is 11.0. The number of esters is 1. The summed E-state index contributed by atoms with van der Waals surface area (Å²) in [4.78, 5) is 39.1. The summed E-state index contributed by atoms with van der Waals surface area (Å²) in [7, 11) is 0. The van der Waals surface area contributed by atoms with Crippen molar-refractivity contribution in [1.82, 2.24) is 4.98 Å². The van der Waals surface area contributed by atoms with E-state index in [9.17, 15) is 19.7 Å². The predicted octanol–water partition coefficient (Wildman–Crippen LogP) is 5.38. The molecule has 1 amide bonds. The van der Waals surface area contributed by atoms with Gasteiger partial charge in [-0.05, 0) is 61.0 Å². The van der Waals surface area contributed by atoms with Gasteiger partial charge < -0.3 is 10.1 Å². The van der Waals surface area contributed by atoms with Crippen molar-refractivity contribution < 1.29 is 19.2 Å². The van der Waals surface area contributed by atoms with Crippen LogP contribution in [0.3, 0.4) is 0 Å². The number of carbonyl (C=O) groups is 2. The predicted molar refractivity (Wildman–Crippen MR) is 132 cm³/mol. The molecule has 170 valence electrons. The molecule has 1 heterocycles. The molecule has 0 radical (unpaired) electrons. The van der Waals surface area contributed by atoms with Crippen LogP contribution < -0.4 is 5.32 Å². The zero-order chi connectivity index (χ0) is 24.1. The van der Waals surface area contributed by atoms with Crippen LogP contribution in [-0.4, -0.2) is 28.4 Å². The molecular weight excluding hydrogens is 454 g/mol. The molecule has 1 aromatic heterocycles. The molecule has 0 fully saturated rings. The van der Waals surface area contributed by atoms with E-state index in [1.807, 2.05) is 31.2 Å². The number of nitrogens with one attached hydrogen (secondary N) is 1. The molecule has 0 bridgehead atoms. The number of benzene rings is 3. The summed E-state index contributed by atoms with van der Waals surface area (Å²) in [5, 5.41) is 14.6. The van der Waals surface area contributed by atoms with Crippen molar-refractivity contribution in [1.29, 1.82) is 0 Å². The van der Waals surface area contributed by atoms with Crippen LogP contribution in [0.4, 0.5) is 11.4 Å². The highest BCUT2D eigenvalue weighted by Crippen LogP contribution is 2.31. The van der Waals surface area contributed by atoms with E-state index < -0.39 is 23.4 Å². The van der Waals surface area contributed by atoms with Crippen molar-refractivity contribution in [2.24, 2.45) is 0 Å². The molecule has 0 atom stereocenters. The van der Waals surface area contributed by atoms with E-state index in [1.54, 1.807) is 29.5 Å². The van der Waals surface area contributed by atoms with Crippen LogP contribution in [0.25, 0.3) is 26.9 Å². The van der Waals surface area contributed by atoms with Crippen LogP contribution in [0.5, 0.6) is 0 Å². The molecule has 4 rings (SSSR count). The molecule has 0 unspecified atom stereocenters. The fourth-order valence-corrected chi connectivity index (χ4v) is 4.26. The van der Waals surface area contributed by atoms with Gasteiger partial charge in [0.15, 0.2) is 6.61 Å². The number of para-hydroxylation sites is 1. The number of anilines is 1. The minimum Gasteiger partial charge on any atom is -0.452 e. The van der Waals surface area contributed by atoms with Crippen LogP contribution in [-0.2, 0) is 14.3 Å². The van der Waals surface area contributed by atoms with Gasteiger partial charge in [-0.2, -0.15) is 0 Å². The van der Waals surface area contributed by atoms with Crippen LogP contribution in [0.1, 0.15) is 11.1 Å². The van der Waals surface area contributed by atoms with Gasteiger partial charge in [0, 0.05) is 23.4 Å². The quantitative estimate of drug-likeness (QED) is 0.167. The smallest absolute Gasteiger partial charge is 0.331 e. The maximum atomic E-state index is 12.1. The lowest BCUT2D eigenvalue weighted by Crippen LogP contribution is -2.20. The summed E-state index contributed by atoms with van der Waals surface area (Å²) < 4.78 is 6.03. The molecule has 1 N–H and O–H groups in total. The second-order valence-corrected chi connectivity index (χ2v) is 8.40. The third-order valence-corrected chi connectivity index (χ3v) is 5.90. The first kappa shape index (κ1) is 22.8. The fourth-order valence-electron chi connectivity index (χ4n) is 3.19. The Bertz CT molecular complexity index is 1410. The van der Waals surface area contributed by atoms with Gasteiger partial charge in [0.25, 0.3) is 11.6 Å². The lowest BCUT2D eigenvalue weighted by Gasteiger charge is -2.06. The molecule has 3 aromatic carbocycles. The average Bonchev–Trinajstić information content (AvgIpc) is 3.25. The third-order valence-electron chi connectivity index (χ3n) is 4.84. The molecule has 0 saturated carbocycles. The first-order valence-electron chi connectivity index (χ1n) is 10.2. The van der Waals surface area contributed by atoms with Crippen LogP contribution in [0, 0.1) is 17.0 Å². The highest BCUT2D eigenvalue weighted by atomic mass is 32.1. The summed E-state index contributed by atoms with van der Waals surface area (Å²) in [5.74, 6) is -1.29. The third kappa shape index (κ3) is 5.51. The number of nitro benzene ring substituents is 1. The summed E-state index contributed by atoms with van der Waals surface area (Å²) in [6.45, 7) is 1.55. The number of hydrogen-bond donors (Lipinski definition) is 1. The van der Waals surface area contributed by atoms with Gasteiger partial charge in [0.2, 0.25) is 0 Å². The van der Waals surface area contributed by atoms with Crippen molar-refractivity contribution >= 4 is 50.9 Å². The highest BCUT2D eigenvalue weighted by Gasteiger charge is 2.11. The second-order valence-electron chi connectivity index (χ2n) is 7.37. The highest BCUT2D eigenvalue weighted by molar-refractivity contribution is 7.21. The number of aromatic nitrogens is 1. The Morgan fingerprint density at radius 1 is 1.12 bits per heavy atom. The van der Waals surface area contributed by atoms with Gasteiger partial charge in [-0.3, -0.25) is 14.9 Å². The van der Waals surface area contributed by atoms with E-state index in [0.29, 0.717) is 5.69 Å². The summed E-state index contributed by atoms with van der Waals surface area (Å²) in [6.07, 6.45) is 2.32. The number of thiazole rings is 1. The number of amides is 1. The summed E-state index contributed by atoms with van der Waals surface area (Å²) in [6, 6.07) is 19.3. The number of ether oxygens (including phenoxy) is 1. The minimum absolute atomic E-state index is 0.131. The number of fused-ring (bicyclic) bond motifs is 1. The topological polar surface area (TPSA) is 111 Å². The number of aryl methyl sites for hydroxylation is 1. The van der Waals surface area contributed by atoms with Gasteiger partial charge in [0.05, 0.1) is 20.7 Å². The first-order valence-corrected chi connectivity index (χ1v) is 11.1. The molecular formula is C25H19N3O5S. The molecule has 9 heteroatoms. The largest absolute Gasteiger partial charge is 0.452 e. The van der Waals surface area contributed by atoms with Crippen molar-refractivity contribution in [3.8, 4) is 10.6 Å². The van der Waals surface area contributed by atoms with Crippen LogP contribution in [0.15, 0.2) is 72.8 Å². The molecule has 4 aromatic rings. The van der Waals surface area contributed by atoms with Gasteiger partial charge in [-0.15, -0.1) is 11.3 Å². The van der Waals surface area contributed by atoms with E-state index in [0.717, 1.165) is 26.9 Å². The number of nitro groups is 1. The van der Waals surface area contributed by atoms with E-state index in [-0.39, 0.29) is 11.3 Å². The molecule has 0 aliphatic carbocycles. The van der Waals surface area contributed by atoms with Crippen LogP contribution >= 0.6 is 11.3 Å². The number of nitrogens with zero attached hydrogens (tertiary/aromatic N) is 2. The monoisotopic (exact) mass is 473 g/mol. The van der Waals surface area contributed by atoms with Crippen molar-refractivity contribution in [3.63, 3.8) is 0 Å².